The predicted octanol–water partition coefficient (Wildman–Crippen LogP) is 2.37. The second kappa shape index (κ2) is 6.11. The molecule has 0 fully saturated rings. The van der Waals surface area contributed by atoms with Crippen LogP contribution in [0.4, 0.5) is 5.82 Å². The van der Waals surface area contributed by atoms with Crippen LogP contribution in [0, 0.1) is 5.92 Å². The fraction of sp³-hybridized carbons (Fsp3) is 0.538. The van der Waals surface area contributed by atoms with Gasteiger partial charge in [0, 0.05) is 20.1 Å². The Kier molecular flexibility index (Phi) is 4.49. The summed E-state index contributed by atoms with van der Waals surface area (Å²) in [6.07, 6.45) is 1.65. The minimum Gasteiger partial charge on any atom is -0.358 e. The van der Waals surface area contributed by atoms with Gasteiger partial charge in [0.1, 0.15) is 17.0 Å². The van der Waals surface area contributed by atoms with E-state index in [1.807, 2.05) is 0 Å². The molecule has 0 aliphatic heterocycles. The summed E-state index contributed by atoms with van der Waals surface area (Å²) in [5.41, 5.74) is 0. The van der Waals surface area contributed by atoms with E-state index in [1.54, 1.807) is 17.7 Å². The number of anilines is 1. The van der Waals surface area contributed by atoms with Crippen molar-refractivity contribution in [2.75, 3.05) is 31.6 Å². The van der Waals surface area contributed by atoms with Crippen molar-refractivity contribution in [1.29, 1.82) is 0 Å². The van der Waals surface area contributed by atoms with Crippen molar-refractivity contribution in [2.24, 2.45) is 5.92 Å². The number of hydrogen-bond donors (Lipinski definition) is 1. The molecule has 2 aromatic heterocycles. The summed E-state index contributed by atoms with van der Waals surface area (Å²) in [6, 6.07) is 2.09. The van der Waals surface area contributed by atoms with Crippen LogP contribution in [0.5, 0.6) is 0 Å². The second-order valence-electron chi connectivity index (χ2n) is 4.86. The first kappa shape index (κ1) is 13.2. The van der Waals surface area contributed by atoms with Crippen LogP contribution in [0.25, 0.3) is 10.2 Å². The van der Waals surface area contributed by atoms with Crippen molar-refractivity contribution in [3.05, 3.63) is 17.8 Å². The first-order valence-electron chi connectivity index (χ1n) is 6.28. The Labute approximate surface area is 112 Å². The Morgan fingerprint density at radius 1 is 1.39 bits per heavy atom. The van der Waals surface area contributed by atoms with Crippen LogP contribution in [-0.2, 0) is 0 Å². The zero-order valence-corrected chi connectivity index (χ0v) is 12.0. The Morgan fingerprint density at radius 2 is 2.22 bits per heavy atom. The molecule has 5 heteroatoms. The molecule has 0 saturated heterocycles. The monoisotopic (exact) mass is 264 g/mol. The highest BCUT2D eigenvalue weighted by Gasteiger charge is 2.08. The molecule has 98 valence electrons. The molecule has 18 heavy (non-hydrogen) atoms. The molecule has 1 N–H and O–H groups in total. The number of aromatic nitrogens is 2. The highest BCUT2D eigenvalue weighted by Crippen LogP contribution is 2.25. The van der Waals surface area contributed by atoms with E-state index in [-0.39, 0.29) is 0 Å². The average Bonchev–Trinajstić information content (AvgIpc) is 2.82. The molecular weight excluding hydrogens is 244 g/mol. The maximum absolute atomic E-state index is 4.39. The van der Waals surface area contributed by atoms with Gasteiger partial charge in [-0.2, -0.15) is 0 Å². The van der Waals surface area contributed by atoms with Gasteiger partial charge >= 0.3 is 0 Å². The van der Waals surface area contributed by atoms with Gasteiger partial charge in [0.2, 0.25) is 0 Å². The zero-order valence-electron chi connectivity index (χ0n) is 11.2. The van der Waals surface area contributed by atoms with Crippen LogP contribution in [-0.4, -0.2) is 36.6 Å². The Bertz CT molecular complexity index is 494. The molecule has 0 amide bonds. The lowest BCUT2D eigenvalue weighted by molar-refractivity contribution is 0.554. The molecule has 0 aliphatic rings. The fourth-order valence-electron chi connectivity index (χ4n) is 1.82. The molecule has 0 aliphatic carbocycles. The van der Waals surface area contributed by atoms with E-state index in [1.165, 1.54) is 0 Å². The summed E-state index contributed by atoms with van der Waals surface area (Å²) in [7, 11) is 2.08. The maximum Gasteiger partial charge on any atom is 0.140 e. The van der Waals surface area contributed by atoms with Crippen molar-refractivity contribution in [1.82, 2.24) is 15.3 Å². The Balaban J connectivity index is 1.96. The minimum atomic E-state index is 0.693. The third kappa shape index (κ3) is 3.17. The van der Waals surface area contributed by atoms with E-state index in [0.29, 0.717) is 5.92 Å². The number of rotatable bonds is 6. The second-order valence-corrected chi connectivity index (χ2v) is 5.75. The molecule has 0 bridgehead atoms. The lowest BCUT2D eigenvalue weighted by Crippen LogP contribution is -2.31. The highest BCUT2D eigenvalue weighted by molar-refractivity contribution is 7.16. The van der Waals surface area contributed by atoms with Crippen LogP contribution >= 0.6 is 11.3 Å². The third-order valence-corrected chi connectivity index (χ3v) is 3.60. The van der Waals surface area contributed by atoms with Gasteiger partial charge in [-0.15, -0.1) is 11.3 Å². The lowest BCUT2D eigenvalue weighted by Gasteiger charge is -2.19. The van der Waals surface area contributed by atoms with Crippen molar-refractivity contribution in [3.63, 3.8) is 0 Å². The quantitative estimate of drug-likeness (QED) is 0.813. The summed E-state index contributed by atoms with van der Waals surface area (Å²) < 4.78 is 0. The number of nitrogens with one attached hydrogen (secondary N) is 1. The first-order valence-corrected chi connectivity index (χ1v) is 7.16. The summed E-state index contributed by atoms with van der Waals surface area (Å²) in [6.45, 7) is 7.43. The van der Waals surface area contributed by atoms with Gasteiger partial charge in [-0.1, -0.05) is 13.8 Å². The van der Waals surface area contributed by atoms with Gasteiger partial charge in [0.15, 0.2) is 0 Å². The van der Waals surface area contributed by atoms with Gasteiger partial charge in [-0.25, -0.2) is 9.97 Å². The Hall–Kier alpha value is -1.20. The fourth-order valence-corrected chi connectivity index (χ4v) is 2.55. The number of nitrogens with zero attached hydrogens (tertiary/aromatic N) is 3. The molecule has 2 heterocycles. The van der Waals surface area contributed by atoms with Gasteiger partial charge in [0.25, 0.3) is 0 Å². The summed E-state index contributed by atoms with van der Waals surface area (Å²) >= 11 is 1.66. The zero-order chi connectivity index (χ0) is 13.0. The normalized spacial score (nSPS) is 11.3. The minimum absolute atomic E-state index is 0.693. The van der Waals surface area contributed by atoms with Crippen LogP contribution in [0.15, 0.2) is 17.8 Å². The van der Waals surface area contributed by atoms with E-state index < -0.39 is 0 Å². The van der Waals surface area contributed by atoms with Crippen molar-refractivity contribution < 1.29 is 0 Å². The van der Waals surface area contributed by atoms with E-state index in [2.05, 4.69) is 52.5 Å². The number of likely N-dealkylation sites (N-methyl/N-ethyl adjacent to an activating group) is 1. The van der Waals surface area contributed by atoms with Crippen LogP contribution in [0.2, 0.25) is 0 Å². The number of fused-ring (bicyclic) bond motifs is 1. The van der Waals surface area contributed by atoms with E-state index in [9.17, 15) is 0 Å². The van der Waals surface area contributed by atoms with Crippen LogP contribution in [0.1, 0.15) is 13.8 Å². The Morgan fingerprint density at radius 3 is 3.00 bits per heavy atom. The van der Waals surface area contributed by atoms with Gasteiger partial charge in [-0.05, 0) is 23.9 Å². The van der Waals surface area contributed by atoms with Crippen LogP contribution in [0.3, 0.4) is 0 Å². The number of hydrogen-bond acceptors (Lipinski definition) is 5. The maximum atomic E-state index is 4.39. The SMILES string of the molecule is CC(C)CNCCN(C)c1ncnc2sccc12. The van der Waals surface area contributed by atoms with Gasteiger partial charge in [-0.3, -0.25) is 0 Å². The predicted molar refractivity (Wildman–Crippen MR) is 78.4 cm³/mol. The molecule has 0 aromatic carbocycles. The smallest absolute Gasteiger partial charge is 0.140 e. The third-order valence-electron chi connectivity index (χ3n) is 2.78. The molecule has 0 unspecified atom stereocenters. The molecule has 2 aromatic rings. The van der Waals surface area contributed by atoms with Crippen molar-refractivity contribution in [3.8, 4) is 0 Å². The molecule has 2 rings (SSSR count). The van der Waals surface area contributed by atoms with Crippen molar-refractivity contribution in [2.45, 2.75) is 13.8 Å². The molecule has 0 atom stereocenters. The highest BCUT2D eigenvalue weighted by atomic mass is 32.1. The van der Waals surface area contributed by atoms with Crippen molar-refractivity contribution >= 4 is 27.4 Å². The molecular formula is C13H20N4S. The lowest BCUT2D eigenvalue weighted by atomic mass is 10.2. The van der Waals surface area contributed by atoms with Gasteiger partial charge < -0.3 is 10.2 Å². The summed E-state index contributed by atoms with van der Waals surface area (Å²) in [5, 5.41) is 6.66. The first-order chi connectivity index (χ1) is 8.68. The molecule has 0 radical (unpaired) electrons. The molecule has 4 nitrogen and oxygen atoms in total. The largest absolute Gasteiger partial charge is 0.358 e. The molecule has 0 spiro atoms. The van der Waals surface area contributed by atoms with Gasteiger partial charge in [0.05, 0.1) is 5.39 Å². The molecule has 0 saturated carbocycles. The standard InChI is InChI=1S/C13H20N4S/c1-10(2)8-14-5-6-17(3)12-11-4-7-18-13(11)16-9-15-12/h4,7,9-10,14H,5-6,8H2,1-3H3. The number of thiophene rings is 1. The van der Waals surface area contributed by atoms with E-state index >= 15 is 0 Å². The van der Waals surface area contributed by atoms with Crippen LogP contribution < -0.4 is 10.2 Å². The summed E-state index contributed by atoms with van der Waals surface area (Å²) in [5.74, 6) is 1.71. The van der Waals surface area contributed by atoms with E-state index in [0.717, 1.165) is 35.7 Å². The topological polar surface area (TPSA) is 41.0 Å². The summed E-state index contributed by atoms with van der Waals surface area (Å²) in [4.78, 5) is 11.9. The average molecular weight is 264 g/mol. The van der Waals surface area contributed by atoms with E-state index in [4.69, 9.17) is 0 Å².